The van der Waals surface area contributed by atoms with Gasteiger partial charge in [0.1, 0.15) is 5.75 Å². The van der Waals surface area contributed by atoms with Crippen LogP contribution in [-0.4, -0.2) is 40.2 Å². The second kappa shape index (κ2) is 7.09. The van der Waals surface area contributed by atoms with Crippen molar-refractivity contribution in [3.8, 4) is 5.75 Å². The SMILES string of the molecule is CCN(C)c1nc(SCc2ccc(OC)cc2)nc2c1ncn2C. The summed E-state index contributed by atoms with van der Waals surface area (Å²) in [5.41, 5.74) is 2.91. The zero-order valence-corrected chi connectivity index (χ0v) is 15.2. The van der Waals surface area contributed by atoms with Gasteiger partial charge in [0.15, 0.2) is 22.1 Å². The molecule has 2 aromatic heterocycles. The Morgan fingerprint density at radius 1 is 1.21 bits per heavy atom. The summed E-state index contributed by atoms with van der Waals surface area (Å²) in [6.45, 7) is 2.96. The highest BCUT2D eigenvalue weighted by molar-refractivity contribution is 7.98. The van der Waals surface area contributed by atoms with Gasteiger partial charge in [-0.15, -0.1) is 0 Å². The fourth-order valence-corrected chi connectivity index (χ4v) is 3.11. The molecule has 0 radical (unpaired) electrons. The first-order chi connectivity index (χ1) is 11.6. The van der Waals surface area contributed by atoms with Crippen molar-refractivity contribution in [1.82, 2.24) is 19.5 Å². The second-order valence-electron chi connectivity index (χ2n) is 5.51. The van der Waals surface area contributed by atoms with Crippen LogP contribution in [0.2, 0.25) is 0 Å². The number of aromatic nitrogens is 4. The lowest BCUT2D eigenvalue weighted by atomic mass is 10.2. The van der Waals surface area contributed by atoms with Crippen LogP contribution in [0.25, 0.3) is 11.2 Å². The summed E-state index contributed by atoms with van der Waals surface area (Å²) in [5, 5.41) is 0.761. The van der Waals surface area contributed by atoms with E-state index in [4.69, 9.17) is 9.72 Å². The largest absolute Gasteiger partial charge is 0.497 e. The van der Waals surface area contributed by atoms with Gasteiger partial charge in [0.2, 0.25) is 0 Å². The van der Waals surface area contributed by atoms with Crippen LogP contribution in [0.3, 0.4) is 0 Å². The summed E-state index contributed by atoms with van der Waals surface area (Å²) in [4.78, 5) is 15.9. The van der Waals surface area contributed by atoms with Crippen LogP contribution in [0, 0.1) is 0 Å². The summed E-state index contributed by atoms with van der Waals surface area (Å²) >= 11 is 1.63. The molecule has 1 aromatic carbocycles. The van der Waals surface area contributed by atoms with E-state index in [1.165, 1.54) is 5.56 Å². The van der Waals surface area contributed by atoms with Crippen LogP contribution in [0.1, 0.15) is 12.5 Å². The minimum Gasteiger partial charge on any atom is -0.497 e. The summed E-state index contributed by atoms with van der Waals surface area (Å²) < 4.78 is 7.12. The molecule has 0 bridgehead atoms. The molecule has 0 aliphatic rings. The molecule has 2 heterocycles. The number of nitrogens with zero attached hydrogens (tertiary/aromatic N) is 5. The molecule has 0 saturated carbocycles. The van der Waals surface area contributed by atoms with Crippen molar-refractivity contribution in [3.63, 3.8) is 0 Å². The van der Waals surface area contributed by atoms with Crippen molar-refractivity contribution < 1.29 is 4.74 Å². The Labute approximate surface area is 145 Å². The van der Waals surface area contributed by atoms with Gasteiger partial charge in [0.05, 0.1) is 13.4 Å². The molecule has 0 spiro atoms. The molecular formula is C17H21N5OS. The summed E-state index contributed by atoms with van der Waals surface area (Å²) in [6.07, 6.45) is 1.78. The molecule has 0 aliphatic heterocycles. The normalized spacial score (nSPS) is 11.0. The van der Waals surface area contributed by atoms with Crippen molar-refractivity contribution in [2.45, 2.75) is 17.8 Å². The van der Waals surface area contributed by atoms with Crippen LogP contribution in [0.15, 0.2) is 35.7 Å². The number of imidazole rings is 1. The van der Waals surface area contributed by atoms with Crippen molar-refractivity contribution >= 4 is 28.7 Å². The van der Waals surface area contributed by atoms with Crippen LogP contribution in [0.4, 0.5) is 5.82 Å². The van der Waals surface area contributed by atoms with Crippen LogP contribution in [0.5, 0.6) is 5.75 Å². The third-order valence-corrected chi connectivity index (χ3v) is 4.80. The maximum absolute atomic E-state index is 5.19. The smallest absolute Gasteiger partial charge is 0.191 e. The van der Waals surface area contributed by atoms with E-state index in [2.05, 4.69) is 33.9 Å². The molecule has 0 fully saturated rings. The van der Waals surface area contributed by atoms with Gasteiger partial charge in [-0.05, 0) is 24.6 Å². The van der Waals surface area contributed by atoms with E-state index in [-0.39, 0.29) is 0 Å². The highest BCUT2D eigenvalue weighted by Crippen LogP contribution is 2.27. The average Bonchev–Trinajstić information content (AvgIpc) is 3.00. The monoisotopic (exact) mass is 343 g/mol. The zero-order valence-electron chi connectivity index (χ0n) is 14.4. The first-order valence-corrected chi connectivity index (χ1v) is 8.77. The third kappa shape index (κ3) is 3.31. The number of benzene rings is 1. The minimum absolute atomic E-state index is 0.761. The van der Waals surface area contributed by atoms with Crippen molar-refractivity contribution in [2.75, 3.05) is 25.6 Å². The minimum atomic E-state index is 0.761. The van der Waals surface area contributed by atoms with Gasteiger partial charge < -0.3 is 14.2 Å². The number of fused-ring (bicyclic) bond motifs is 1. The molecular weight excluding hydrogens is 322 g/mol. The Kier molecular flexibility index (Phi) is 4.89. The van der Waals surface area contributed by atoms with E-state index < -0.39 is 0 Å². The number of thioether (sulfide) groups is 1. The van der Waals surface area contributed by atoms with Crippen molar-refractivity contribution in [2.24, 2.45) is 7.05 Å². The standard InChI is InChI=1S/C17H21N5OS/c1-5-21(2)15-14-16(22(3)11-18-14)20-17(19-15)24-10-12-6-8-13(23-4)9-7-12/h6-9,11H,5,10H2,1-4H3. The maximum atomic E-state index is 5.19. The van der Waals surface area contributed by atoms with Crippen LogP contribution in [-0.2, 0) is 12.8 Å². The Balaban J connectivity index is 1.86. The molecule has 0 unspecified atom stereocenters. The molecule has 0 atom stereocenters. The van der Waals surface area contributed by atoms with E-state index in [0.29, 0.717) is 0 Å². The van der Waals surface area contributed by atoms with E-state index in [1.807, 2.05) is 30.8 Å². The second-order valence-corrected chi connectivity index (χ2v) is 6.45. The molecule has 3 aromatic rings. The molecule has 0 amide bonds. The molecule has 0 aliphatic carbocycles. The number of hydrogen-bond acceptors (Lipinski definition) is 6. The quantitative estimate of drug-likeness (QED) is 0.506. The zero-order chi connectivity index (χ0) is 17.1. The van der Waals surface area contributed by atoms with Gasteiger partial charge in [-0.25, -0.2) is 15.0 Å². The van der Waals surface area contributed by atoms with E-state index in [9.17, 15) is 0 Å². The third-order valence-electron chi connectivity index (χ3n) is 3.88. The first-order valence-electron chi connectivity index (χ1n) is 7.78. The summed E-state index contributed by atoms with van der Waals surface area (Å²) in [6, 6.07) is 8.07. The van der Waals surface area contributed by atoms with Crippen LogP contribution >= 0.6 is 11.8 Å². The number of aryl methyl sites for hydroxylation is 1. The summed E-state index contributed by atoms with van der Waals surface area (Å²) in [5.74, 6) is 2.55. The molecule has 3 rings (SSSR count). The Bertz CT molecular complexity index is 831. The maximum Gasteiger partial charge on any atom is 0.191 e. The van der Waals surface area contributed by atoms with Crippen molar-refractivity contribution in [1.29, 1.82) is 0 Å². The Hall–Kier alpha value is -2.28. The lowest BCUT2D eigenvalue weighted by Crippen LogP contribution is -2.18. The van der Waals surface area contributed by atoms with E-state index >= 15 is 0 Å². The van der Waals surface area contributed by atoms with Crippen LogP contribution < -0.4 is 9.64 Å². The Morgan fingerprint density at radius 2 is 1.96 bits per heavy atom. The molecule has 126 valence electrons. The Morgan fingerprint density at radius 3 is 2.62 bits per heavy atom. The average molecular weight is 343 g/mol. The van der Waals surface area contributed by atoms with Crippen molar-refractivity contribution in [3.05, 3.63) is 36.2 Å². The fraction of sp³-hybridized carbons (Fsp3) is 0.353. The number of methoxy groups -OCH3 is 1. The van der Waals surface area contributed by atoms with E-state index in [1.54, 1.807) is 25.2 Å². The topological polar surface area (TPSA) is 56.1 Å². The molecule has 0 saturated heterocycles. The van der Waals surface area contributed by atoms with Gasteiger partial charge in [0.25, 0.3) is 0 Å². The number of rotatable bonds is 6. The molecule has 6 nitrogen and oxygen atoms in total. The highest BCUT2D eigenvalue weighted by Gasteiger charge is 2.15. The number of hydrogen-bond donors (Lipinski definition) is 0. The first kappa shape index (κ1) is 16.6. The van der Waals surface area contributed by atoms with Gasteiger partial charge in [-0.2, -0.15) is 0 Å². The fourth-order valence-electron chi connectivity index (χ4n) is 2.32. The van der Waals surface area contributed by atoms with Gasteiger partial charge in [0, 0.05) is 26.4 Å². The van der Waals surface area contributed by atoms with E-state index in [0.717, 1.165) is 40.2 Å². The van der Waals surface area contributed by atoms with Gasteiger partial charge in [-0.3, -0.25) is 0 Å². The van der Waals surface area contributed by atoms with Gasteiger partial charge >= 0.3 is 0 Å². The number of anilines is 1. The number of ether oxygens (including phenoxy) is 1. The lowest BCUT2D eigenvalue weighted by molar-refractivity contribution is 0.414. The predicted octanol–water partition coefficient (Wildman–Crippen LogP) is 3.12. The lowest BCUT2D eigenvalue weighted by Gasteiger charge is -2.16. The van der Waals surface area contributed by atoms with Gasteiger partial charge in [-0.1, -0.05) is 23.9 Å². The highest BCUT2D eigenvalue weighted by atomic mass is 32.2. The molecule has 7 heteroatoms. The summed E-state index contributed by atoms with van der Waals surface area (Å²) in [7, 11) is 5.65. The predicted molar refractivity (Wildman–Crippen MR) is 97.8 cm³/mol. The molecule has 0 N–H and O–H groups in total. The molecule has 24 heavy (non-hydrogen) atoms.